The summed E-state index contributed by atoms with van der Waals surface area (Å²) in [7, 11) is -8.12. The van der Waals surface area contributed by atoms with Gasteiger partial charge in [0.25, 0.3) is 10.0 Å². The minimum absolute atomic E-state index is 0.00992. The summed E-state index contributed by atoms with van der Waals surface area (Å²) in [5.41, 5.74) is 0.624. The van der Waals surface area contributed by atoms with Crippen LogP contribution in [0.2, 0.25) is 0 Å². The van der Waals surface area contributed by atoms with Crippen LogP contribution in [0.5, 0.6) is 5.75 Å². The number of sulfonamides is 2. The fourth-order valence-corrected chi connectivity index (χ4v) is 6.27. The average Bonchev–Trinajstić information content (AvgIpc) is 2.90. The van der Waals surface area contributed by atoms with E-state index in [-0.39, 0.29) is 40.3 Å². The number of hydrogen-bond acceptors (Lipinski definition) is 7. The molecule has 2 aromatic carbocycles. The number of carbonyl (C=O) groups is 2. The number of hydrogen-bond donors (Lipinski definition) is 2. The number of nitrogens with zero attached hydrogens (tertiary/aromatic N) is 1. The fraction of sp³-hybridized carbons (Fsp3) is 0.300. The van der Waals surface area contributed by atoms with Crippen LogP contribution in [0, 0.1) is 5.92 Å². The molecule has 1 unspecified atom stereocenters. The monoisotopic (exact) mass is 481 g/mol. The molecule has 1 aliphatic rings. The van der Waals surface area contributed by atoms with Gasteiger partial charge in [0.1, 0.15) is 10.6 Å². The van der Waals surface area contributed by atoms with E-state index in [0.29, 0.717) is 9.99 Å². The van der Waals surface area contributed by atoms with Gasteiger partial charge < -0.3 is 10.1 Å². The van der Waals surface area contributed by atoms with Crippen molar-refractivity contribution in [2.45, 2.75) is 25.7 Å². The Morgan fingerprint density at radius 3 is 2.31 bits per heavy atom. The van der Waals surface area contributed by atoms with E-state index >= 15 is 0 Å². The lowest BCUT2D eigenvalue weighted by molar-refractivity contribution is -0.119. The number of nitrogens with one attached hydrogen (secondary N) is 2. The first-order valence-corrected chi connectivity index (χ1v) is 12.8. The van der Waals surface area contributed by atoms with Gasteiger partial charge >= 0.3 is 0 Å². The van der Waals surface area contributed by atoms with Crippen molar-refractivity contribution in [3.63, 3.8) is 0 Å². The lowest BCUT2D eigenvalue weighted by Crippen LogP contribution is -2.30. The van der Waals surface area contributed by atoms with E-state index in [1.54, 1.807) is 6.92 Å². The van der Waals surface area contributed by atoms with E-state index in [9.17, 15) is 26.4 Å². The van der Waals surface area contributed by atoms with Crippen LogP contribution in [0.25, 0.3) is 0 Å². The van der Waals surface area contributed by atoms with Gasteiger partial charge in [-0.2, -0.15) is 0 Å². The van der Waals surface area contributed by atoms with E-state index < -0.39 is 31.9 Å². The minimum atomic E-state index is -4.22. The van der Waals surface area contributed by atoms with Gasteiger partial charge in [-0.25, -0.2) is 21.1 Å². The van der Waals surface area contributed by atoms with Crippen molar-refractivity contribution < 1.29 is 31.2 Å². The molecule has 10 nitrogen and oxygen atoms in total. The fourth-order valence-electron chi connectivity index (χ4n) is 3.23. The number of anilines is 3. The number of benzene rings is 2. The van der Waals surface area contributed by atoms with Crippen molar-refractivity contribution >= 4 is 48.9 Å². The molecular weight excluding hydrogens is 458 g/mol. The number of carbonyl (C=O) groups excluding carboxylic acids is 2. The third kappa shape index (κ3) is 4.86. The van der Waals surface area contributed by atoms with Crippen LogP contribution in [-0.2, 0) is 29.6 Å². The van der Waals surface area contributed by atoms with Crippen molar-refractivity contribution in [1.29, 1.82) is 0 Å². The van der Waals surface area contributed by atoms with E-state index in [2.05, 4.69) is 10.0 Å². The summed E-state index contributed by atoms with van der Waals surface area (Å²) in [6.07, 6.45) is 0. The van der Waals surface area contributed by atoms with Crippen molar-refractivity contribution in [1.82, 2.24) is 0 Å². The van der Waals surface area contributed by atoms with Crippen molar-refractivity contribution in [2.75, 3.05) is 26.7 Å². The first kappa shape index (κ1) is 23.5. The standard InChI is InChI=1S/C20H23N3O7S2/c1-4-30-18-10-9-17(23-20(25)13(2)12-31(23,26)27)11-19(18)32(28,29)22-16-7-5-15(6-8-16)21-14(3)24/h5-11,13,22H,4,12H2,1-3H3,(H,21,24). The average molecular weight is 482 g/mol. The first-order valence-electron chi connectivity index (χ1n) is 9.69. The Balaban J connectivity index is 2.00. The normalized spacial score (nSPS) is 17.8. The third-order valence-corrected chi connectivity index (χ3v) is 7.84. The lowest BCUT2D eigenvalue weighted by Gasteiger charge is -2.19. The highest BCUT2D eigenvalue weighted by Gasteiger charge is 2.42. The highest BCUT2D eigenvalue weighted by molar-refractivity contribution is 7.94. The number of ether oxygens (including phenoxy) is 1. The molecule has 1 aliphatic heterocycles. The van der Waals surface area contributed by atoms with Crippen molar-refractivity contribution in [2.24, 2.45) is 5.92 Å². The Kier molecular flexibility index (Phi) is 6.46. The molecule has 172 valence electrons. The highest BCUT2D eigenvalue weighted by atomic mass is 32.2. The molecule has 2 amide bonds. The number of rotatable bonds is 7. The Hall–Kier alpha value is -3.12. The van der Waals surface area contributed by atoms with Crippen molar-refractivity contribution in [3.05, 3.63) is 42.5 Å². The van der Waals surface area contributed by atoms with Gasteiger partial charge in [0.05, 0.1) is 24.0 Å². The zero-order valence-corrected chi connectivity index (χ0v) is 19.3. The predicted octanol–water partition coefficient (Wildman–Crippen LogP) is 2.16. The summed E-state index contributed by atoms with van der Waals surface area (Å²) in [5.74, 6) is -1.96. The van der Waals surface area contributed by atoms with Crippen LogP contribution in [0.3, 0.4) is 0 Å². The van der Waals surface area contributed by atoms with E-state index in [0.717, 1.165) is 6.07 Å². The number of amides is 2. The van der Waals surface area contributed by atoms with Gasteiger partial charge in [-0.3, -0.25) is 14.3 Å². The molecule has 1 saturated heterocycles. The zero-order chi connectivity index (χ0) is 23.7. The predicted molar refractivity (Wildman–Crippen MR) is 120 cm³/mol. The molecule has 0 aliphatic carbocycles. The van der Waals surface area contributed by atoms with Crippen LogP contribution in [0.4, 0.5) is 17.1 Å². The maximum Gasteiger partial charge on any atom is 0.265 e. The van der Waals surface area contributed by atoms with E-state index in [4.69, 9.17) is 4.74 Å². The Labute approximate surface area is 186 Å². The molecule has 12 heteroatoms. The van der Waals surface area contributed by atoms with Crippen LogP contribution in [0.15, 0.2) is 47.4 Å². The summed E-state index contributed by atoms with van der Waals surface area (Å²) in [5, 5.41) is 2.58. The quantitative estimate of drug-likeness (QED) is 0.618. The molecule has 1 atom stereocenters. The molecule has 1 fully saturated rings. The SMILES string of the molecule is CCOc1ccc(N2C(=O)C(C)CS2(=O)=O)cc1S(=O)(=O)Nc1ccc(NC(C)=O)cc1. The largest absolute Gasteiger partial charge is 0.492 e. The molecule has 2 aromatic rings. The van der Waals surface area contributed by atoms with E-state index in [1.807, 2.05) is 0 Å². The molecule has 0 aromatic heterocycles. The molecule has 1 heterocycles. The molecule has 0 radical (unpaired) electrons. The first-order chi connectivity index (χ1) is 14.9. The second-order valence-electron chi connectivity index (χ2n) is 7.21. The molecule has 0 saturated carbocycles. The van der Waals surface area contributed by atoms with Crippen LogP contribution >= 0.6 is 0 Å². The molecule has 3 rings (SSSR count). The zero-order valence-electron chi connectivity index (χ0n) is 17.7. The lowest BCUT2D eigenvalue weighted by atomic mass is 10.2. The summed E-state index contributed by atoms with van der Waals surface area (Å²) < 4.78 is 59.6. The van der Waals surface area contributed by atoms with Crippen LogP contribution in [0.1, 0.15) is 20.8 Å². The maximum atomic E-state index is 13.1. The minimum Gasteiger partial charge on any atom is -0.492 e. The topological polar surface area (TPSA) is 139 Å². The van der Waals surface area contributed by atoms with Gasteiger partial charge in [0.2, 0.25) is 21.8 Å². The molecule has 0 spiro atoms. The van der Waals surface area contributed by atoms with E-state index in [1.165, 1.54) is 50.2 Å². The smallest absolute Gasteiger partial charge is 0.265 e. The second kappa shape index (κ2) is 8.79. The Bertz CT molecular complexity index is 1260. The summed E-state index contributed by atoms with van der Waals surface area (Å²) in [6, 6.07) is 9.73. The van der Waals surface area contributed by atoms with Crippen LogP contribution < -0.4 is 19.1 Å². The Morgan fingerprint density at radius 2 is 1.78 bits per heavy atom. The Morgan fingerprint density at radius 1 is 1.16 bits per heavy atom. The molecule has 2 N–H and O–H groups in total. The van der Waals surface area contributed by atoms with Gasteiger partial charge in [-0.15, -0.1) is 0 Å². The van der Waals surface area contributed by atoms with Gasteiger partial charge in [0.15, 0.2) is 0 Å². The van der Waals surface area contributed by atoms with Gasteiger partial charge in [-0.1, -0.05) is 6.92 Å². The third-order valence-electron chi connectivity index (χ3n) is 4.57. The van der Waals surface area contributed by atoms with Gasteiger partial charge in [0, 0.05) is 18.3 Å². The van der Waals surface area contributed by atoms with Crippen molar-refractivity contribution in [3.8, 4) is 5.75 Å². The molecule has 32 heavy (non-hydrogen) atoms. The van der Waals surface area contributed by atoms with Gasteiger partial charge in [-0.05, 0) is 49.4 Å². The highest BCUT2D eigenvalue weighted by Crippen LogP contribution is 2.35. The van der Waals surface area contributed by atoms with Crippen LogP contribution in [-0.4, -0.2) is 41.0 Å². The summed E-state index contributed by atoms with van der Waals surface area (Å²) >= 11 is 0. The molecular formula is C20H23N3O7S2. The summed E-state index contributed by atoms with van der Waals surface area (Å²) in [6.45, 7) is 4.70. The molecule has 0 bridgehead atoms. The summed E-state index contributed by atoms with van der Waals surface area (Å²) in [4.78, 5) is 23.2. The second-order valence-corrected chi connectivity index (χ2v) is 10.7. The maximum absolute atomic E-state index is 13.1.